The molecular formula is C22H25N3O3. The van der Waals surface area contributed by atoms with Gasteiger partial charge < -0.3 is 14.8 Å². The number of amides is 1. The van der Waals surface area contributed by atoms with Crippen molar-refractivity contribution in [2.75, 3.05) is 20.3 Å². The minimum atomic E-state index is -0.134. The molecule has 2 aromatic carbocycles. The maximum atomic E-state index is 12.6. The normalized spacial score (nSPS) is 10.5. The molecule has 0 saturated carbocycles. The van der Waals surface area contributed by atoms with Gasteiger partial charge in [0.25, 0.3) is 5.91 Å². The Bertz CT molecular complexity index is 906. The molecule has 0 aliphatic carbocycles. The third-order valence-corrected chi connectivity index (χ3v) is 4.40. The third kappa shape index (κ3) is 4.91. The van der Waals surface area contributed by atoms with E-state index >= 15 is 0 Å². The Hall–Kier alpha value is -3.28. The molecule has 0 fully saturated rings. The Balaban J connectivity index is 1.55. The van der Waals surface area contributed by atoms with Gasteiger partial charge in [-0.15, -0.1) is 0 Å². The van der Waals surface area contributed by atoms with Gasteiger partial charge in [-0.3, -0.25) is 9.48 Å². The number of rotatable bonds is 9. The molecule has 0 spiro atoms. The molecule has 0 bridgehead atoms. The molecule has 3 rings (SSSR count). The molecule has 0 atom stereocenters. The molecule has 6 nitrogen and oxygen atoms in total. The van der Waals surface area contributed by atoms with Crippen LogP contribution in [0.5, 0.6) is 11.5 Å². The summed E-state index contributed by atoms with van der Waals surface area (Å²) in [5.41, 5.74) is 2.69. The van der Waals surface area contributed by atoms with Crippen molar-refractivity contribution in [2.45, 2.75) is 19.9 Å². The second-order valence-electron chi connectivity index (χ2n) is 6.29. The van der Waals surface area contributed by atoms with Crippen molar-refractivity contribution in [3.8, 4) is 11.5 Å². The lowest BCUT2D eigenvalue weighted by Gasteiger charge is -2.10. The molecule has 3 aromatic rings. The summed E-state index contributed by atoms with van der Waals surface area (Å²) in [7, 11) is 1.61. The number of benzene rings is 2. The first kappa shape index (κ1) is 19.5. The third-order valence-electron chi connectivity index (χ3n) is 4.40. The van der Waals surface area contributed by atoms with E-state index < -0.39 is 0 Å². The minimum absolute atomic E-state index is 0.134. The number of nitrogens with zero attached hydrogens (tertiary/aromatic N) is 2. The first-order valence-electron chi connectivity index (χ1n) is 9.35. The number of carbonyl (C=O) groups is 1. The van der Waals surface area contributed by atoms with Gasteiger partial charge in [0.1, 0.15) is 18.1 Å². The molecule has 0 aliphatic heterocycles. The van der Waals surface area contributed by atoms with Crippen molar-refractivity contribution in [3.05, 3.63) is 77.6 Å². The summed E-state index contributed by atoms with van der Waals surface area (Å²) in [5, 5.41) is 7.31. The fourth-order valence-corrected chi connectivity index (χ4v) is 2.99. The zero-order valence-corrected chi connectivity index (χ0v) is 16.2. The fourth-order valence-electron chi connectivity index (χ4n) is 2.99. The van der Waals surface area contributed by atoms with Gasteiger partial charge in [0.2, 0.25) is 0 Å². The van der Waals surface area contributed by atoms with Crippen LogP contribution in [-0.4, -0.2) is 35.9 Å². The molecule has 1 aromatic heterocycles. The van der Waals surface area contributed by atoms with E-state index in [1.807, 2.05) is 54.1 Å². The molecule has 0 radical (unpaired) electrons. The van der Waals surface area contributed by atoms with Gasteiger partial charge in [0, 0.05) is 6.07 Å². The number of aromatic nitrogens is 2. The summed E-state index contributed by atoms with van der Waals surface area (Å²) in [4.78, 5) is 12.6. The van der Waals surface area contributed by atoms with Gasteiger partial charge in [0.05, 0.1) is 37.7 Å². The van der Waals surface area contributed by atoms with E-state index in [9.17, 15) is 4.79 Å². The summed E-state index contributed by atoms with van der Waals surface area (Å²) >= 11 is 0. The van der Waals surface area contributed by atoms with E-state index in [0.717, 1.165) is 23.4 Å². The van der Waals surface area contributed by atoms with Gasteiger partial charge in [-0.05, 0) is 24.1 Å². The Morgan fingerprint density at radius 1 is 1.11 bits per heavy atom. The molecule has 0 saturated heterocycles. The molecule has 0 aliphatic rings. The molecule has 0 unspecified atom stereocenters. The first-order chi connectivity index (χ1) is 13.7. The average molecular weight is 379 g/mol. The lowest BCUT2D eigenvalue weighted by Crippen LogP contribution is -2.28. The molecule has 146 valence electrons. The van der Waals surface area contributed by atoms with Crippen LogP contribution in [0.4, 0.5) is 0 Å². The van der Waals surface area contributed by atoms with Crippen LogP contribution in [0.2, 0.25) is 0 Å². The van der Waals surface area contributed by atoms with E-state index in [1.165, 1.54) is 0 Å². The summed E-state index contributed by atoms with van der Waals surface area (Å²) in [6.07, 6.45) is 2.37. The van der Waals surface area contributed by atoms with Gasteiger partial charge in [-0.1, -0.05) is 43.3 Å². The summed E-state index contributed by atoms with van der Waals surface area (Å²) in [5.74, 6) is 1.31. The molecule has 1 amide bonds. The van der Waals surface area contributed by atoms with Crippen molar-refractivity contribution in [3.63, 3.8) is 0 Å². The SMILES string of the molecule is CCc1c(C(=O)NCCOc2cccc(OC)c2)cnn1Cc1ccccc1. The van der Waals surface area contributed by atoms with Gasteiger partial charge >= 0.3 is 0 Å². The summed E-state index contributed by atoms with van der Waals surface area (Å²) < 4.78 is 12.7. The predicted molar refractivity (Wildman–Crippen MR) is 108 cm³/mol. The summed E-state index contributed by atoms with van der Waals surface area (Å²) in [6, 6.07) is 17.5. The van der Waals surface area contributed by atoms with Gasteiger partial charge in [-0.25, -0.2) is 0 Å². The Kier molecular flexibility index (Phi) is 6.68. The van der Waals surface area contributed by atoms with Crippen molar-refractivity contribution in [1.29, 1.82) is 0 Å². The maximum Gasteiger partial charge on any atom is 0.254 e. The highest BCUT2D eigenvalue weighted by molar-refractivity contribution is 5.95. The zero-order chi connectivity index (χ0) is 19.8. The molecular weight excluding hydrogens is 354 g/mol. The number of carbonyl (C=O) groups excluding carboxylic acids is 1. The van der Waals surface area contributed by atoms with Crippen LogP contribution >= 0.6 is 0 Å². The van der Waals surface area contributed by atoms with Crippen LogP contribution in [0.3, 0.4) is 0 Å². The maximum absolute atomic E-state index is 12.6. The second-order valence-corrected chi connectivity index (χ2v) is 6.29. The van der Waals surface area contributed by atoms with E-state index in [0.29, 0.717) is 31.0 Å². The molecule has 6 heteroatoms. The number of hydrogen-bond acceptors (Lipinski definition) is 4. The highest BCUT2D eigenvalue weighted by Crippen LogP contribution is 2.18. The van der Waals surface area contributed by atoms with Crippen molar-refractivity contribution >= 4 is 5.91 Å². The summed E-state index contributed by atoms with van der Waals surface area (Å²) in [6.45, 7) is 3.46. The number of ether oxygens (including phenoxy) is 2. The smallest absolute Gasteiger partial charge is 0.254 e. The van der Waals surface area contributed by atoms with Gasteiger partial charge in [-0.2, -0.15) is 5.10 Å². The van der Waals surface area contributed by atoms with Crippen molar-refractivity contribution in [2.24, 2.45) is 0 Å². The van der Waals surface area contributed by atoms with Crippen LogP contribution in [0.25, 0.3) is 0 Å². The largest absolute Gasteiger partial charge is 0.497 e. The Morgan fingerprint density at radius 2 is 1.89 bits per heavy atom. The number of nitrogens with one attached hydrogen (secondary N) is 1. The second kappa shape index (κ2) is 9.60. The lowest BCUT2D eigenvalue weighted by molar-refractivity contribution is 0.0946. The van der Waals surface area contributed by atoms with E-state index in [4.69, 9.17) is 9.47 Å². The van der Waals surface area contributed by atoms with Crippen LogP contribution in [0.15, 0.2) is 60.8 Å². The number of methoxy groups -OCH3 is 1. The van der Waals surface area contributed by atoms with E-state index in [1.54, 1.807) is 13.3 Å². The average Bonchev–Trinajstić information content (AvgIpc) is 3.14. The monoisotopic (exact) mass is 379 g/mol. The van der Waals surface area contributed by atoms with Crippen LogP contribution in [0, 0.1) is 0 Å². The van der Waals surface area contributed by atoms with E-state index in [2.05, 4.69) is 22.5 Å². The first-order valence-corrected chi connectivity index (χ1v) is 9.35. The molecule has 1 N–H and O–H groups in total. The van der Waals surface area contributed by atoms with Crippen LogP contribution < -0.4 is 14.8 Å². The fraction of sp³-hybridized carbons (Fsp3) is 0.273. The predicted octanol–water partition coefficient (Wildman–Crippen LogP) is 3.31. The minimum Gasteiger partial charge on any atom is -0.497 e. The van der Waals surface area contributed by atoms with Crippen LogP contribution in [-0.2, 0) is 13.0 Å². The highest BCUT2D eigenvalue weighted by Gasteiger charge is 2.16. The highest BCUT2D eigenvalue weighted by atomic mass is 16.5. The van der Waals surface area contributed by atoms with Crippen molar-refractivity contribution < 1.29 is 14.3 Å². The van der Waals surface area contributed by atoms with Gasteiger partial charge in [0.15, 0.2) is 0 Å². The quantitative estimate of drug-likeness (QED) is 0.579. The topological polar surface area (TPSA) is 65.4 Å². The molecule has 28 heavy (non-hydrogen) atoms. The lowest BCUT2D eigenvalue weighted by atomic mass is 10.1. The Morgan fingerprint density at radius 3 is 2.64 bits per heavy atom. The van der Waals surface area contributed by atoms with Crippen LogP contribution in [0.1, 0.15) is 28.5 Å². The number of hydrogen-bond donors (Lipinski definition) is 1. The van der Waals surface area contributed by atoms with Crippen molar-refractivity contribution in [1.82, 2.24) is 15.1 Å². The standard InChI is InChI=1S/C22H25N3O3/c1-3-21-20(15-24-25(21)16-17-8-5-4-6-9-17)22(26)23-12-13-28-19-11-7-10-18(14-19)27-2/h4-11,14-15H,3,12-13,16H2,1-2H3,(H,23,26). The molecule has 1 heterocycles. The zero-order valence-electron chi connectivity index (χ0n) is 16.2. The Labute approximate surface area is 165 Å². The van der Waals surface area contributed by atoms with E-state index in [-0.39, 0.29) is 5.91 Å².